The van der Waals surface area contributed by atoms with Crippen molar-refractivity contribution in [2.75, 3.05) is 13.1 Å². The van der Waals surface area contributed by atoms with E-state index in [0.717, 1.165) is 43.2 Å². The summed E-state index contributed by atoms with van der Waals surface area (Å²) in [6.07, 6.45) is 2.57. The van der Waals surface area contributed by atoms with E-state index >= 15 is 0 Å². The van der Waals surface area contributed by atoms with E-state index in [1.54, 1.807) is 11.0 Å². The summed E-state index contributed by atoms with van der Waals surface area (Å²) < 4.78 is 1.89. The maximum Gasteiger partial charge on any atom is 0.251 e. The molecule has 0 bridgehead atoms. The lowest BCUT2D eigenvalue weighted by atomic mass is 10.0. The second-order valence-corrected chi connectivity index (χ2v) is 4.97. The van der Waals surface area contributed by atoms with Crippen molar-refractivity contribution in [1.82, 2.24) is 9.47 Å². The largest absolute Gasteiger partial charge is 0.345 e. The van der Waals surface area contributed by atoms with Crippen molar-refractivity contribution >= 4 is 17.3 Å². The number of rotatable bonds is 2. The van der Waals surface area contributed by atoms with Gasteiger partial charge in [-0.3, -0.25) is 9.59 Å². The van der Waals surface area contributed by atoms with Crippen LogP contribution in [0, 0.1) is 0 Å². The van der Waals surface area contributed by atoms with E-state index in [1.807, 2.05) is 34.9 Å². The quantitative estimate of drug-likeness (QED) is 0.769. The molecule has 1 saturated heterocycles. The van der Waals surface area contributed by atoms with Gasteiger partial charge in [0.25, 0.3) is 5.56 Å². The fourth-order valence-electron chi connectivity index (χ4n) is 2.83. The van der Waals surface area contributed by atoms with Crippen LogP contribution in [0.3, 0.4) is 0 Å². The highest BCUT2D eigenvalue weighted by molar-refractivity contribution is 5.78. The van der Waals surface area contributed by atoms with Crippen LogP contribution in [0.15, 0.2) is 41.2 Å². The molecule has 0 N–H and O–H groups in total. The van der Waals surface area contributed by atoms with Gasteiger partial charge in [0.15, 0.2) is 0 Å². The Hall–Kier alpha value is -2.10. The van der Waals surface area contributed by atoms with Gasteiger partial charge in [0, 0.05) is 25.2 Å². The highest BCUT2D eigenvalue weighted by Crippen LogP contribution is 2.24. The smallest absolute Gasteiger partial charge is 0.251 e. The second kappa shape index (κ2) is 4.88. The molecule has 98 valence electrons. The normalized spacial score (nSPS) is 16.7. The summed E-state index contributed by atoms with van der Waals surface area (Å²) in [6, 6.07) is 11.6. The number of benzene rings is 1. The van der Waals surface area contributed by atoms with Gasteiger partial charge in [0.2, 0.25) is 6.41 Å². The summed E-state index contributed by atoms with van der Waals surface area (Å²) in [7, 11) is 0. The molecule has 1 fully saturated rings. The fraction of sp³-hybridized carbons (Fsp3) is 0.333. The third-order valence-corrected chi connectivity index (χ3v) is 3.85. The average Bonchev–Trinajstić information content (AvgIpc) is 2.47. The Bertz CT molecular complexity index is 654. The first-order valence-electron chi connectivity index (χ1n) is 6.59. The molecule has 2 aromatic rings. The van der Waals surface area contributed by atoms with E-state index in [4.69, 9.17) is 0 Å². The molecule has 1 aliphatic rings. The zero-order valence-corrected chi connectivity index (χ0v) is 10.7. The lowest BCUT2D eigenvalue weighted by Gasteiger charge is -2.31. The van der Waals surface area contributed by atoms with Crippen molar-refractivity contribution < 1.29 is 4.79 Å². The van der Waals surface area contributed by atoms with Crippen LogP contribution in [0.1, 0.15) is 18.9 Å². The molecule has 0 atom stereocenters. The van der Waals surface area contributed by atoms with Gasteiger partial charge in [-0.1, -0.05) is 18.2 Å². The zero-order valence-electron chi connectivity index (χ0n) is 10.7. The molecule has 0 spiro atoms. The van der Waals surface area contributed by atoms with E-state index in [9.17, 15) is 9.59 Å². The average molecular weight is 256 g/mol. The highest BCUT2D eigenvalue weighted by Gasteiger charge is 2.21. The maximum absolute atomic E-state index is 12.2. The van der Waals surface area contributed by atoms with Gasteiger partial charge in [0.05, 0.1) is 5.52 Å². The van der Waals surface area contributed by atoms with Gasteiger partial charge in [-0.05, 0) is 30.4 Å². The van der Waals surface area contributed by atoms with E-state index < -0.39 is 0 Å². The van der Waals surface area contributed by atoms with Crippen LogP contribution in [0.4, 0.5) is 0 Å². The van der Waals surface area contributed by atoms with Crippen molar-refractivity contribution in [1.29, 1.82) is 0 Å². The molecule has 2 heterocycles. The van der Waals surface area contributed by atoms with Crippen molar-refractivity contribution in [2.24, 2.45) is 0 Å². The number of nitrogens with zero attached hydrogens (tertiary/aromatic N) is 2. The van der Waals surface area contributed by atoms with Gasteiger partial charge in [-0.25, -0.2) is 0 Å². The highest BCUT2D eigenvalue weighted by atomic mass is 16.1. The minimum absolute atomic E-state index is 0.0447. The molecule has 19 heavy (non-hydrogen) atoms. The third kappa shape index (κ3) is 2.14. The standard InChI is InChI=1S/C15H16N2O2/c18-11-16-9-7-13(8-10-16)17-14-4-2-1-3-12(14)5-6-15(17)19/h1-6,11,13H,7-10H2. The number of hydrogen-bond donors (Lipinski definition) is 0. The Morgan fingerprint density at radius 3 is 2.53 bits per heavy atom. The molecule has 4 heteroatoms. The lowest BCUT2D eigenvalue weighted by Crippen LogP contribution is -2.36. The molecule has 0 aliphatic carbocycles. The van der Waals surface area contributed by atoms with Crippen molar-refractivity contribution in [3.8, 4) is 0 Å². The molecular weight excluding hydrogens is 240 g/mol. The Morgan fingerprint density at radius 1 is 1.05 bits per heavy atom. The lowest BCUT2D eigenvalue weighted by molar-refractivity contribution is -0.119. The molecular formula is C15H16N2O2. The predicted octanol–water partition coefficient (Wildman–Crippen LogP) is 1.79. The van der Waals surface area contributed by atoms with Crippen LogP contribution in [0.25, 0.3) is 10.9 Å². The molecule has 3 rings (SSSR count). The predicted molar refractivity (Wildman–Crippen MR) is 74.1 cm³/mol. The minimum atomic E-state index is 0.0447. The van der Waals surface area contributed by atoms with E-state index in [1.165, 1.54) is 0 Å². The SMILES string of the molecule is O=CN1CCC(n2c(=O)ccc3ccccc32)CC1. The van der Waals surface area contributed by atoms with E-state index in [-0.39, 0.29) is 11.6 Å². The van der Waals surface area contributed by atoms with Gasteiger partial charge in [-0.2, -0.15) is 0 Å². The Balaban J connectivity index is 2.03. The number of aromatic nitrogens is 1. The molecule has 0 radical (unpaired) electrons. The molecule has 1 aromatic carbocycles. The third-order valence-electron chi connectivity index (χ3n) is 3.85. The Morgan fingerprint density at radius 2 is 1.79 bits per heavy atom. The van der Waals surface area contributed by atoms with Crippen molar-refractivity contribution in [3.63, 3.8) is 0 Å². The molecule has 1 aliphatic heterocycles. The number of piperidine rings is 1. The van der Waals surface area contributed by atoms with Gasteiger partial charge >= 0.3 is 0 Å². The molecule has 1 amide bonds. The zero-order chi connectivity index (χ0) is 13.2. The number of fused-ring (bicyclic) bond motifs is 1. The first-order chi connectivity index (χ1) is 9.29. The second-order valence-electron chi connectivity index (χ2n) is 4.97. The first kappa shape index (κ1) is 12.0. The summed E-state index contributed by atoms with van der Waals surface area (Å²) in [6.45, 7) is 1.45. The van der Waals surface area contributed by atoms with Gasteiger partial charge in [-0.15, -0.1) is 0 Å². The number of carbonyl (C=O) groups excluding carboxylic acids is 1. The number of likely N-dealkylation sites (tertiary alicyclic amines) is 1. The summed E-state index contributed by atoms with van der Waals surface area (Å²) in [5.41, 5.74) is 1.03. The van der Waals surface area contributed by atoms with Crippen LogP contribution < -0.4 is 5.56 Å². The number of para-hydroxylation sites is 1. The molecule has 0 unspecified atom stereocenters. The van der Waals surface area contributed by atoms with Crippen LogP contribution in [0.2, 0.25) is 0 Å². The van der Waals surface area contributed by atoms with Crippen LogP contribution >= 0.6 is 0 Å². The number of pyridine rings is 1. The van der Waals surface area contributed by atoms with Crippen LogP contribution in [0.5, 0.6) is 0 Å². The fourth-order valence-corrected chi connectivity index (χ4v) is 2.83. The topological polar surface area (TPSA) is 42.3 Å². The minimum Gasteiger partial charge on any atom is -0.345 e. The molecule has 0 saturated carbocycles. The summed E-state index contributed by atoms with van der Waals surface area (Å²) >= 11 is 0. The Labute approximate surface area is 111 Å². The van der Waals surface area contributed by atoms with Crippen molar-refractivity contribution in [2.45, 2.75) is 18.9 Å². The summed E-state index contributed by atoms with van der Waals surface area (Å²) in [4.78, 5) is 24.7. The number of amides is 1. The van der Waals surface area contributed by atoms with Gasteiger partial charge < -0.3 is 9.47 Å². The first-order valence-corrected chi connectivity index (χ1v) is 6.59. The summed E-state index contributed by atoms with van der Waals surface area (Å²) in [5.74, 6) is 0. The van der Waals surface area contributed by atoms with E-state index in [2.05, 4.69) is 0 Å². The number of hydrogen-bond acceptors (Lipinski definition) is 2. The van der Waals surface area contributed by atoms with Crippen LogP contribution in [-0.2, 0) is 4.79 Å². The van der Waals surface area contributed by atoms with Gasteiger partial charge in [0.1, 0.15) is 0 Å². The monoisotopic (exact) mass is 256 g/mol. The van der Waals surface area contributed by atoms with Crippen molar-refractivity contribution in [3.05, 3.63) is 46.8 Å². The molecule has 4 nitrogen and oxygen atoms in total. The number of carbonyl (C=O) groups is 1. The Kier molecular flexibility index (Phi) is 3.07. The van der Waals surface area contributed by atoms with E-state index in [0.29, 0.717) is 0 Å². The molecule has 1 aromatic heterocycles. The van der Waals surface area contributed by atoms with Crippen LogP contribution in [-0.4, -0.2) is 29.0 Å². The summed E-state index contributed by atoms with van der Waals surface area (Å²) in [5, 5.41) is 1.08. The maximum atomic E-state index is 12.2.